The lowest BCUT2D eigenvalue weighted by molar-refractivity contribution is -0.119. The second kappa shape index (κ2) is 8.67. The van der Waals surface area contributed by atoms with Gasteiger partial charge < -0.3 is 5.32 Å². The SMILES string of the molecule is Cc1ccc(-n2nnnc2SCC(=O)N[C@@H](C)c2cccc3ccccc23)cc1C. The lowest BCUT2D eigenvalue weighted by Crippen LogP contribution is -2.28. The first-order chi connectivity index (χ1) is 14.5. The van der Waals surface area contributed by atoms with Crippen LogP contribution in [-0.2, 0) is 4.79 Å². The number of carbonyl (C=O) groups is 1. The van der Waals surface area contributed by atoms with Gasteiger partial charge in [-0.1, -0.05) is 60.3 Å². The predicted octanol–water partition coefficient (Wildman–Crippen LogP) is 4.40. The average molecular weight is 418 g/mol. The zero-order chi connectivity index (χ0) is 21.1. The van der Waals surface area contributed by atoms with Gasteiger partial charge in [-0.15, -0.1) is 5.10 Å². The topological polar surface area (TPSA) is 72.7 Å². The normalized spacial score (nSPS) is 12.1. The van der Waals surface area contributed by atoms with Gasteiger partial charge in [-0.05, 0) is 70.8 Å². The molecule has 0 saturated heterocycles. The van der Waals surface area contributed by atoms with E-state index in [2.05, 4.69) is 59.0 Å². The smallest absolute Gasteiger partial charge is 0.230 e. The van der Waals surface area contributed by atoms with Gasteiger partial charge in [0.25, 0.3) is 0 Å². The van der Waals surface area contributed by atoms with Crippen LogP contribution in [0.2, 0.25) is 0 Å². The highest BCUT2D eigenvalue weighted by Crippen LogP contribution is 2.25. The first-order valence-electron chi connectivity index (χ1n) is 9.79. The Morgan fingerprint density at radius 3 is 2.70 bits per heavy atom. The van der Waals surface area contributed by atoms with Crippen molar-refractivity contribution in [3.63, 3.8) is 0 Å². The molecule has 152 valence electrons. The van der Waals surface area contributed by atoms with Crippen LogP contribution in [-0.4, -0.2) is 31.9 Å². The number of nitrogens with zero attached hydrogens (tertiary/aromatic N) is 4. The fourth-order valence-electron chi connectivity index (χ4n) is 3.41. The Kier molecular flexibility index (Phi) is 5.81. The first-order valence-corrected chi connectivity index (χ1v) is 10.8. The summed E-state index contributed by atoms with van der Waals surface area (Å²) < 4.78 is 1.67. The van der Waals surface area contributed by atoms with Gasteiger partial charge in [0, 0.05) is 0 Å². The molecular weight excluding hydrogens is 394 g/mol. The third-order valence-electron chi connectivity index (χ3n) is 5.18. The second-order valence-corrected chi connectivity index (χ2v) is 8.23. The Morgan fingerprint density at radius 2 is 1.87 bits per heavy atom. The summed E-state index contributed by atoms with van der Waals surface area (Å²) >= 11 is 1.32. The lowest BCUT2D eigenvalue weighted by Gasteiger charge is -2.16. The van der Waals surface area contributed by atoms with Crippen LogP contribution in [0.25, 0.3) is 16.5 Å². The second-order valence-electron chi connectivity index (χ2n) is 7.29. The molecule has 1 aromatic heterocycles. The highest BCUT2D eigenvalue weighted by molar-refractivity contribution is 7.99. The molecule has 0 fully saturated rings. The van der Waals surface area contributed by atoms with Gasteiger partial charge in [-0.25, -0.2) is 0 Å². The summed E-state index contributed by atoms with van der Waals surface area (Å²) in [6.45, 7) is 6.12. The minimum absolute atomic E-state index is 0.0601. The van der Waals surface area contributed by atoms with Crippen molar-refractivity contribution in [1.29, 1.82) is 0 Å². The molecule has 4 rings (SSSR count). The minimum Gasteiger partial charge on any atom is -0.349 e. The molecule has 4 aromatic rings. The van der Waals surface area contributed by atoms with Crippen LogP contribution in [0.15, 0.2) is 65.8 Å². The molecule has 0 unspecified atom stereocenters. The predicted molar refractivity (Wildman–Crippen MR) is 120 cm³/mol. The van der Waals surface area contributed by atoms with E-state index in [4.69, 9.17) is 0 Å². The Labute approximate surface area is 179 Å². The van der Waals surface area contributed by atoms with Gasteiger partial charge in [0.05, 0.1) is 17.5 Å². The molecule has 0 saturated carbocycles. The van der Waals surface area contributed by atoms with Crippen LogP contribution in [0.4, 0.5) is 0 Å². The number of amides is 1. The van der Waals surface area contributed by atoms with E-state index in [1.54, 1.807) is 4.68 Å². The zero-order valence-corrected chi connectivity index (χ0v) is 18.0. The Balaban J connectivity index is 1.43. The number of hydrogen-bond acceptors (Lipinski definition) is 5. The highest BCUT2D eigenvalue weighted by atomic mass is 32.2. The summed E-state index contributed by atoms with van der Waals surface area (Å²) in [7, 11) is 0. The molecule has 7 heteroatoms. The maximum Gasteiger partial charge on any atom is 0.230 e. The van der Waals surface area contributed by atoms with Crippen molar-refractivity contribution in [2.45, 2.75) is 32.0 Å². The number of aryl methyl sites for hydroxylation is 2. The van der Waals surface area contributed by atoms with Crippen molar-refractivity contribution in [2.24, 2.45) is 0 Å². The van der Waals surface area contributed by atoms with Gasteiger partial charge in [0.15, 0.2) is 0 Å². The van der Waals surface area contributed by atoms with Gasteiger partial charge >= 0.3 is 0 Å². The van der Waals surface area contributed by atoms with E-state index in [0.29, 0.717) is 5.16 Å². The average Bonchev–Trinajstić information content (AvgIpc) is 3.22. The lowest BCUT2D eigenvalue weighted by atomic mass is 10.00. The summed E-state index contributed by atoms with van der Waals surface area (Å²) in [5.41, 5.74) is 4.37. The molecule has 6 nitrogen and oxygen atoms in total. The number of tetrazole rings is 1. The van der Waals surface area contributed by atoms with Crippen LogP contribution >= 0.6 is 11.8 Å². The molecule has 0 aliphatic rings. The van der Waals surface area contributed by atoms with E-state index in [1.165, 1.54) is 22.9 Å². The van der Waals surface area contributed by atoms with E-state index in [1.807, 2.05) is 43.3 Å². The molecular formula is C23H23N5OS. The molecule has 0 aliphatic carbocycles. The third kappa shape index (κ3) is 4.21. The van der Waals surface area contributed by atoms with Crippen LogP contribution in [0.5, 0.6) is 0 Å². The zero-order valence-electron chi connectivity index (χ0n) is 17.2. The Hall–Kier alpha value is -3.19. The van der Waals surface area contributed by atoms with E-state index >= 15 is 0 Å². The minimum atomic E-state index is -0.0973. The fourth-order valence-corrected chi connectivity index (χ4v) is 4.11. The number of rotatable bonds is 6. The monoisotopic (exact) mass is 417 g/mol. The van der Waals surface area contributed by atoms with Crippen LogP contribution in [0.3, 0.4) is 0 Å². The van der Waals surface area contributed by atoms with Crippen LogP contribution < -0.4 is 5.32 Å². The number of fused-ring (bicyclic) bond motifs is 1. The van der Waals surface area contributed by atoms with Gasteiger partial charge in [-0.2, -0.15) is 4.68 Å². The van der Waals surface area contributed by atoms with E-state index in [-0.39, 0.29) is 17.7 Å². The molecule has 1 amide bonds. The number of benzene rings is 3. The maximum atomic E-state index is 12.6. The number of aromatic nitrogens is 4. The van der Waals surface area contributed by atoms with Crippen LogP contribution in [0.1, 0.15) is 29.7 Å². The van der Waals surface area contributed by atoms with Crippen molar-refractivity contribution in [3.05, 3.63) is 77.4 Å². The molecule has 1 atom stereocenters. The standard InChI is InChI=1S/C23H23N5OS/c1-15-11-12-19(13-16(15)2)28-23(25-26-27-28)30-14-22(29)24-17(3)20-10-6-8-18-7-4-5-9-21(18)20/h4-13,17H,14H2,1-3H3,(H,24,29)/t17-/m0/s1. The molecule has 0 bridgehead atoms. The largest absolute Gasteiger partial charge is 0.349 e. The van der Waals surface area contributed by atoms with E-state index in [0.717, 1.165) is 22.0 Å². The quantitative estimate of drug-likeness (QED) is 0.471. The van der Waals surface area contributed by atoms with Gasteiger partial charge in [-0.3, -0.25) is 4.79 Å². The van der Waals surface area contributed by atoms with Crippen molar-refractivity contribution in [2.75, 3.05) is 5.75 Å². The molecule has 0 spiro atoms. The Bertz CT molecular complexity index is 1200. The van der Waals surface area contributed by atoms with Gasteiger partial charge in [0.1, 0.15) is 0 Å². The third-order valence-corrected chi connectivity index (χ3v) is 6.09. The number of hydrogen-bond donors (Lipinski definition) is 1. The van der Waals surface area contributed by atoms with Gasteiger partial charge in [0.2, 0.25) is 11.1 Å². The highest BCUT2D eigenvalue weighted by Gasteiger charge is 2.15. The summed E-state index contributed by atoms with van der Waals surface area (Å²) in [4.78, 5) is 12.6. The van der Waals surface area contributed by atoms with Crippen molar-refractivity contribution in [3.8, 4) is 5.69 Å². The van der Waals surface area contributed by atoms with E-state index in [9.17, 15) is 4.79 Å². The molecule has 1 heterocycles. The number of carbonyl (C=O) groups excluding carboxylic acids is 1. The number of thioether (sulfide) groups is 1. The van der Waals surface area contributed by atoms with Crippen molar-refractivity contribution in [1.82, 2.24) is 25.5 Å². The molecule has 30 heavy (non-hydrogen) atoms. The Morgan fingerprint density at radius 1 is 1.07 bits per heavy atom. The summed E-state index contributed by atoms with van der Waals surface area (Å²) in [6, 6.07) is 20.3. The molecule has 0 aliphatic heterocycles. The van der Waals surface area contributed by atoms with E-state index < -0.39 is 0 Å². The van der Waals surface area contributed by atoms with Crippen molar-refractivity contribution >= 4 is 28.4 Å². The molecule has 3 aromatic carbocycles. The summed E-state index contributed by atoms with van der Waals surface area (Å²) in [5.74, 6) is 0.176. The summed E-state index contributed by atoms with van der Waals surface area (Å²) in [5, 5.41) is 17.9. The first kappa shape index (κ1) is 20.1. The number of nitrogens with one attached hydrogen (secondary N) is 1. The fraction of sp³-hybridized carbons (Fsp3) is 0.217. The molecule has 0 radical (unpaired) electrons. The maximum absolute atomic E-state index is 12.6. The summed E-state index contributed by atoms with van der Waals surface area (Å²) in [6.07, 6.45) is 0. The van der Waals surface area contributed by atoms with Crippen LogP contribution in [0, 0.1) is 13.8 Å². The van der Waals surface area contributed by atoms with Crippen molar-refractivity contribution < 1.29 is 4.79 Å². The molecule has 1 N–H and O–H groups in total.